The minimum Gasteiger partial charge on any atom is -0.305 e. The molecule has 2 heterocycles. The molecule has 2 aliphatic heterocycles. The number of benzene rings is 1. The zero-order valence-corrected chi connectivity index (χ0v) is 13.8. The minimum atomic E-state index is -3.51. The van der Waals surface area contributed by atoms with E-state index in [-0.39, 0.29) is 11.2 Å². The molecule has 1 aromatic carbocycles. The van der Waals surface area contributed by atoms with Gasteiger partial charge in [-0.3, -0.25) is 4.79 Å². The molecule has 4 aliphatic rings. The minimum absolute atomic E-state index is 0.0654. The summed E-state index contributed by atoms with van der Waals surface area (Å²) < 4.78 is 26.5. The Morgan fingerprint density at radius 2 is 1.91 bits per heavy atom. The zero-order valence-electron chi connectivity index (χ0n) is 13.0. The molecule has 0 amide bonds. The number of nitrogens with one attached hydrogen (secondary N) is 1. The summed E-state index contributed by atoms with van der Waals surface area (Å²) in [4.78, 5) is 12.9. The van der Waals surface area contributed by atoms with Crippen molar-refractivity contribution in [2.45, 2.75) is 30.7 Å². The summed E-state index contributed by atoms with van der Waals surface area (Å²) in [6.07, 6.45) is 3.78. The van der Waals surface area contributed by atoms with E-state index in [0.29, 0.717) is 22.8 Å². The number of rotatable bonds is 0. The number of carbonyl (C=O) groups is 1. The first-order chi connectivity index (χ1) is 10.8. The normalized spacial score (nSPS) is 37.7. The van der Waals surface area contributed by atoms with Crippen LogP contribution in [0, 0.1) is 10.8 Å². The molecule has 2 aliphatic carbocycles. The highest BCUT2D eigenvalue weighted by Crippen LogP contribution is 2.81. The van der Waals surface area contributed by atoms with Gasteiger partial charge in [0.15, 0.2) is 5.78 Å². The maximum Gasteiger partial charge on any atom is 0.204 e. The summed E-state index contributed by atoms with van der Waals surface area (Å²) in [5, 5.41) is 3.54. The first-order valence-corrected chi connectivity index (χ1v) is 9.33. The highest BCUT2D eigenvalue weighted by molar-refractivity contribution is 7.96. The molecule has 0 spiro atoms. The Morgan fingerprint density at radius 1 is 1.17 bits per heavy atom. The molecule has 0 bridgehead atoms. The molecule has 1 N–H and O–H groups in total. The molecular formula is C18H17NO3S. The van der Waals surface area contributed by atoms with E-state index in [9.17, 15) is 13.2 Å². The molecule has 1 aromatic rings. The van der Waals surface area contributed by atoms with E-state index >= 15 is 0 Å². The Balaban J connectivity index is 1.88. The van der Waals surface area contributed by atoms with Gasteiger partial charge in [0.05, 0.1) is 15.2 Å². The van der Waals surface area contributed by atoms with Gasteiger partial charge in [0.2, 0.25) is 9.84 Å². The Labute approximate surface area is 135 Å². The zero-order chi connectivity index (χ0) is 16.3. The summed E-state index contributed by atoms with van der Waals surface area (Å²) in [5.41, 5.74) is 0.292. The number of allylic oxidation sites excluding steroid dienone is 1. The van der Waals surface area contributed by atoms with E-state index in [1.807, 2.05) is 18.2 Å². The summed E-state index contributed by atoms with van der Waals surface area (Å²) in [7, 11) is -3.51. The highest BCUT2D eigenvalue weighted by atomic mass is 32.2. The number of fused-ring (bicyclic) bond motifs is 2. The van der Waals surface area contributed by atoms with Crippen LogP contribution < -0.4 is 5.32 Å². The van der Waals surface area contributed by atoms with Crippen LogP contribution in [-0.4, -0.2) is 26.3 Å². The van der Waals surface area contributed by atoms with Crippen LogP contribution in [0.3, 0.4) is 0 Å². The molecule has 4 nitrogen and oxygen atoms in total. The first-order valence-electron chi connectivity index (χ1n) is 7.85. The van der Waals surface area contributed by atoms with Gasteiger partial charge in [0.25, 0.3) is 0 Å². The molecule has 5 heteroatoms. The van der Waals surface area contributed by atoms with Crippen LogP contribution in [0.15, 0.2) is 46.2 Å². The van der Waals surface area contributed by atoms with Crippen molar-refractivity contribution in [2.75, 3.05) is 6.54 Å². The molecule has 1 saturated carbocycles. The quantitative estimate of drug-likeness (QED) is 0.792. The van der Waals surface area contributed by atoms with Gasteiger partial charge in [-0.25, -0.2) is 8.42 Å². The lowest BCUT2D eigenvalue weighted by atomic mass is 9.83. The summed E-state index contributed by atoms with van der Waals surface area (Å²) in [5.74, 6) is 0.0654. The number of carbonyl (C=O) groups excluding carboxylic acids is 1. The van der Waals surface area contributed by atoms with Crippen molar-refractivity contribution in [3.8, 4) is 0 Å². The van der Waals surface area contributed by atoms with Gasteiger partial charge in [-0.15, -0.1) is 0 Å². The van der Waals surface area contributed by atoms with Crippen LogP contribution >= 0.6 is 0 Å². The Bertz CT molecular complexity index is 970. The average molecular weight is 327 g/mol. The molecule has 0 aromatic heterocycles. The predicted molar refractivity (Wildman–Crippen MR) is 86.3 cm³/mol. The predicted octanol–water partition coefficient (Wildman–Crippen LogP) is 2.08. The largest absolute Gasteiger partial charge is 0.305 e. The van der Waals surface area contributed by atoms with Crippen molar-refractivity contribution in [2.24, 2.45) is 10.8 Å². The van der Waals surface area contributed by atoms with E-state index in [4.69, 9.17) is 0 Å². The third kappa shape index (κ3) is 1.13. The average Bonchev–Trinajstić information content (AvgIpc) is 2.83. The van der Waals surface area contributed by atoms with Gasteiger partial charge >= 0.3 is 0 Å². The van der Waals surface area contributed by atoms with Crippen LogP contribution in [0.2, 0.25) is 0 Å². The number of hydrogen-bond donors (Lipinski definition) is 1. The third-order valence-corrected chi connectivity index (χ3v) is 8.63. The van der Waals surface area contributed by atoms with E-state index in [1.54, 1.807) is 18.2 Å². The van der Waals surface area contributed by atoms with Crippen molar-refractivity contribution in [3.63, 3.8) is 0 Å². The van der Waals surface area contributed by atoms with Crippen molar-refractivity contribution >= 4 is 21.2 Å². The molecule has 0 saturated heterocycles. The SMILES string of the molecule is CC1(C)[C@@]23CC(=O)C=C[C@@]12C1=C(CN3)c2ccccc2S1(=O)=O. The van der Waals surface area contributed by atoms with Gasteiger partial charge < -0.3 is 5.32 Å². The number of hydrogen-bond acceptors (Lipinski definition) is 4. The highest BCUT2D eigenvalue weighted by Gasteiger charge is 2.86. The van der Waals surface area contributed by atoms with E-state index < -0.39 is 20.8 Å². The van der Waals surface area contributed by atoms with Gasteiger partial charge in [0, 0.05) is 23.9 Å². The van der Waals surface area contributed by atoms with Crippen LogP contribution in [-0.2, 0) is 14.6 Å². The van der Waals surface area contributed by atoms with Crippen LogP contribution in [0.1, 0.15) is 25.8 Å². The molecule has 0 radical (unpaired) electrons. The number of sulfone groups is 1. The second-order valence-electron chi connectivity index (χ2n) is 7.48. The first kappa shape index (κ1) is 13.7. The smallest absolute Gasteiger partial charge is 0.204 e. The van der Waals surface area contributed by atoms with Crippen molar-refractivity contribution < 1.29 is 13.2 Å². The van der Waals surface area contributed by atoms with Crippen LogP contribution in [0.5, 0.6) is 0 Å². The monoisotopic (exact) mass is 327 g/mol. The van der Waals surface area contributed by atoms with Gasteiger partial charge in [-0.05, 0) is 23.3 Å². The second kappa shape index (κ2) is 3.52. The van der Waals surface area contributed by atoms with E-state index in [1.165, 1.54) is 0 Å². The standard InChI is InChI=1S/C18H17NO3S/c1-16(2)17-8-7-11(20)9-18(16,17)19-10-13-12-5-3-4-6-14(12)23(21,22)15(13)17/h3-8,19H,9-10H2,1-2H3/t17-,18+/m1/s1. The number of ketones is 1. The molecule has 23 heavy (non-hydrogen) atoms. The summed E-state index contributed by atoms with van der Waals surface area (Å²) >= 11 is 0. The summed E-state index contributed by atoms with van der Waals surface area (Å²) in [6, 6.07) is 7.22. The summed E-state index contributed by atoms with van der Waals surface area (Å²) in [6.45, 7) is 4.63. The van der Waals surface area contributed by atoms with Crippen molar-refractivity contribution in [1.29, 1.82) is 0 Å². The van der Waals surface area contributed by atoms with Crippen molar-refractivity contribution in [1.82, 2.24) is 5.32 Å². The lowest BCUT2D eigenvalue weighted by molar-refractivity contribution is -0.115. The Hall–Kier alpha value is -1.72. The fraction of sp³-hybridized carbons (Fsp3) is 0.389. The fourth-order valence-electron chi connectivity index (χ4n) is 5.44. The molecular weight excluding hydrogens is 310 g/mol. The van der Waals surface area contributed by atoms with Crippen LogP contribution in [0.4, 0.5) is 0 Å². The molecule has 118 valence electrons. The molecule has 2 atom stereocenters. The van der Waals surface area contributed by atoms with Gasteiger partial charge in [-0.1, -0.05) is 38.1 Å². The van der Waals surface area contributed by atoms with Crippen LogP contribution in [0.25, 0.3) is 5.57 Å². The third-order valence-electron chi connectivity index (χ3n) is 6.59. The topological polar surface area (TPSA) is 63.2 Å². The van der Waals surface area contributed by atoms with E-state index in [0.717, 1.165) is 11.1 Å². The Morgan fingerprint density at radius 3 is 2.70 bits per heavy atom. The van der Waals surface area contributed by atoms with Crippen molar-refractivity contribution in [3.05, 3.63) is 46.9 Å². The second-order valence-corrected chi connectivity index (χ2v) is 9.33. The molecule has 5 rings (SSSR count). The van der Waals surface area contributed by atoms with Gasteiger partial charge in [-0.2, -0.15) is 0 Å². The lowest BCUT2D eigenvalue weighted by Crippen LogP contribution is -2.46. The van der Waals surface area contributed by atoms with Gasteiger partial charge in [0.1, 0.15) is 0 Å². The maximum atomic E-state index is 13.3. The molecule has 1 fully saturated rings. The van der Waals surface area contributed by atoms with E-state index in [2.05, 4.69) is 19.2 Å². The molecule has 0 unspecified atom stereocenters. The lowest BCUT2D eigenvalue weighted by Gasteiger charge is -2.32. The fourth-order valence-corrected chi connectivity index (χ4v) is 7.82. The maximum absolute atomic E-state index is 13.3. The Kier molecular flexibility index (Phi) is 2.10.